The summed E-state index contributed by atoms with van der Waals surface area (Å²) in [6.07, 6.45) is 3.63. The van der Waals surface area contributed by atoms with Gasteiger partial charge in [0, 0.05) is 9.92 Å². The molecule has 1 amide bonds. The molecule has 5 nitrogen and oxygen atoms in total. The van der Waals surface area contributed by atoms with Gasteiger partial charge in [0.2, 0.25) is 5.91 Å². The molecule has 8 heteroatoms. The molecule has 1 N–H and O–H groups in total. The van der Waals surface area contributed by atoms with Crippen molar-refractivity contribution in [1.82, 2.24) is 5.43 Å². The lowest BCUT2D eigenvalue weighted by Gasteiger charge is -2.11. The van der Waals surface area contributed by atoms with E-state index in [1.165, 1.54) is 13.3 Å². The number of carbonyl (C=O) groups excluding carboxylic acids is 1. The first kappa shape index (κ1) is 21.4. The molecule has 2 aromatic carbocycles. The number of benzene rings is 2. The second-order valence-electron chi connectivity index (χ2n) is 5.39. The van der Waals surface area contributed by atoms with E-state index in [0.29, 0.717) is 33.7 Å². The van der Waals surface area contributed by atoms with Crippen LogP contribution in [0.5, 0.6) is 11.5 Å². The highest BCUT2D eigenvalue weighted by atomic mass is 35.5. The van der Waals surface area contributed by atoms with Crippen molar-refractivity contribution in [2.24, 2.45) is 5.10 Å². The maximum Gasteiger partial charge on any atom is 0.244 e. The van der Waals surface area contributed by atoms with E-state index in [0.717, 1.165) is 10.5 Å². The molecule has 0 atom stereocenters. The van der Waals surface area contributed by atoms with Gasteiger partial charge in [0.15, 0.2) is 11.5 Å². The first-order valence-electron chi connectivity index (χ1n) is 8.13. The zero-order chi connectivity index (χ0) is 19.8. The number of rotatable bonds is 8. The van der Waals surface area contributed by atoms with Crippen LogP contribution in [0.3, 0.4) is 0 Å². The third kappa shape index (κ3) is 6.06. The predicted octanol–water partition coefficient (Wildman–Crippen LogP) is 4.82. The van der Waals surface area contributed by atoms with E-state index < -0.39 is 0 Å². The lowest BCUT2D eigenvalue weighted by Crippen LogP contribution is -2.20. The fraction of sp³-hybridized carbons (Fsp3) is 0.263. The summed E-state index contributed by atoms with van der Waals surface area (Å²) in [4.78, 5) is 13.2. The van der Waals surface area contributed by atoms with Crippen LogP contribution in [0.25, 0.3) is 0 Å². The zero-order valence-corrected chi connectivity index (χ0v) is 17.5. The first-order valence-corrected chi connectivity index (χ1v) is 10.1. The highest BCUT2D eigenvalue weighted by Crippen LogP contribution is 2.35. The minimum atomic E-state index is -0.242. The largest absolute Gasteiger partial charge is 0.491 e. The lowest BCUT2D eigenvalue weighted by atomic mass is 10.1. The van der Waals surface area contributed by atoms with Crippen LogP contribution >= 0.6 is 35.0 Å². The summed E-state index contributed by atoms with van der Waals surface area (Å²) in [5, 5.41) is 4.99. The van der Waals surface area contributed by atoms with Gasteiger partial charge >= 0.3 is 0 Å². The van der Waals surface area contributed by atoms with Gasteiger partial charge in [-0.25, -0.2) is 5.43 Å². The Morgan fingerprint density at radius 3 is 2.74 bits per heavy atom. The number of methoxy groups -OCH3 is 1. The van der Waals surface area contributed by atoms with Gasteiger partial charge in [-0.2, -0.15) is 5.10 Å². The quantitative estimate of drug-likeness (QED) is 0.373. The van der Waals surface area contributed by atoms with Gasteiger partial charge in [-0.05, 0) is 54.6 Å². The van der Waals surface area contributed by atoms with E-state index in [1.807, 2.05) is 19.2 Å². The molecular formula is C19H20Cl2N2O3S. The molecule has 0 heterocycles. The second-order valence-corrected chi connectivity index (χ2v) is 7.08. The van der Waals surface area contributed by atoms with Crippen molar-refractivity contribution in [3.05, 3.63) is 51.5 Å². The summed E-state index contributed by atoms with van der Waals surface area (Å²) >= 11 is 13.8. The summed E-state index contributed by atoms with van der Waals surface area (Å²) in [5.41, 5.74) is 4.05. The third-order valence-corrected chi connectivity index (χ3v) is 4.89. The first-order chi connectivity index (χ1) is 13.0. The molecule has 0 aliphatic heterocycles. The number of nitrogens with zero attached hydrogens (tertiary/aromatic N) is 1. The Hall–Kier alpha value is -1.89. The van der Waals surface area contributed by atoms with Gasteiger partial charge in [-0.1, -0.05) is 23.2 Å². The molecule has 0 spiro atoms. The molecule has 0 aliphatic carbocycles. The van der Waals surface area contributed by atoms with Crippen LogP contribution in [0, 0.1) is 0 Å². The molecular weight excluding hydrogens is 407 g/mol. The van der Waals surface area contributed by atoms with Crippen LogP contribution in [-0.4, -0.2) is 32.1 Å². The molecule has 2 rings (SSSR count). The number of hydrazone groups is 1. The predicted molar refractivity (Wildman–Crippen MR) is 112 cm³/mol. The molecule has 2 aromatic rings. The Labute approximate surface area is 173 Å². The Morgan fingerprint density at radius 1 is 1.30 bits per heavy atom. The molecule has 27 heavy (non-hydrogen) atoms. The van der Waals surface area contributed by atoms with Gasteiger partial charge in [-0.3, -0.25) is 4.79 Å². The van der Waals surface area contributed by atoms with Crippen LogP contribution in [0.1, 0.15) is 18.1 Å². The molecule has 0 fully saturated rings. The standard InChI is InChI=1S/C19H20Cl2N2O3S/c1-4-26-16-8-12(7-15(21)19(16)25-2)11-22-23-18(24)10-13-9-14(20)5-6-17(13)27-3/h5-9,11H,4,10H2,1-3H3,(H,23,24)/b22-11-. The van der Waals surface area contributed by atoms with E-state index in [1.54, 1.807) is 36.0 Å². The highest BCUT2D eigenvalue weighted by Gasteiger charge is 2.11. The van der Waals surface area contributed by atoms with Gasteiger partial charge in [-0.15, -0.1) is 11.8 Å². The van der Waals surface area contributed by atoms with Gasteiger partial charge in [0.05, 0.1) is 31.4 Å². The Kier molecular flexibility index (Phi) is 8.28. The van der Waals surface area contributed by atoms with E-state index in [4.69, 9.17) is 32.7 Å². The van der Waals surface area contributed by atoms with E-state index in [9.17, 15) is 4.79 Å². The molecule has 0 aliphatic rings. The van der Waals surface area contributed by atoms with Crippen molar-refractivity contribution in [1.29, 1.82) is 0 Å². The number of halogens is 2. The Balaban J connectivity index is 2.07. The highest BCUT2D eigenvalue weighted by molar-refractivity contribution is 7.98. The molecule has 144 valence electrons. The summed E-state index contributed by atoms with van der Waals surface area (Å²) in [5.74, 6) is 0.738. The monoisotopic (exact) mass is 426 g/mol. The van der Waals surface area contributed by atoms with E-state index >= 15 is 0 Å². The molecule has 0 radical (unpaired) electrons. The maximum absolute atomic E-state index is 12.2. The van der Waals surface area contributed by atoms with Crippen LogP contribution in [-0.2, 0) is 11.2 Å². The zero-order valence-electron chi connectivity index (χ0n) is 15.2. The smallest absolute Gasteiger partial charge is 0.244 e. The lowest BCUT2D eigenvalue weighted by molar-refractivity contribution is -0.120. The van der Waals surface area contributed by atoms with Crippen molar-refractivity contribution in [3.8, 4) is 11.5 Å². The number of carbonyl (C=O) groups is 1. The molecule has 0 saturated heterocycles. The number of hydrogen-bond acceptors (Lipinski definition) is 5. The molecule has 0 saturated carbocycles. The van der Waals surface area contributed by atoms with Gasteiger partial charge in [0.1, 0.15) is 0 Å². The minimum absolute atomic E-state index is 0.182. The van der Waals surface area contributed by atoms with Gasteiger partial charge < -0.3 is 9.47 Å². The normalized spacial score (nSPS) is 10.9. The number of amides is 1. The fourth-order valence-electron chi connectivity index (χ4n) is 2.40. The number of ether oxygens (including phenoxy) is 2. The molecule has 0 unspecified atom stereocenters. The van der Waals surface area contributed by atoms with Crippen LogP contribution in [0.4, 0.5) is 0 Å². The van der Waals surface area contributed by atoms with Crippen molar-refractivity contribution in [3.63, 3.8) is 0 Å². The summed E-state index contributed by atoms with van der Waals surface area (Å²) in [6, 6.07) is 8.91. The molecule has 0 aromatic heterocycles. The Morgan fingerprint density at radius 2 is 2.07 bits per heavy atom. The maximum atomic E-state index is 12.2. The van der Waals surface area contributed by atoms with Crippen LogP contribution < -0.4 is 14.9 Å². The second kappa shape index (κ2) is 10.4. The number of thioether (sulfide) groups is 1. The summed E-state index contributed by atoms with van der Waals surface area (Å²) in [6.45, 7) is 2.34. The average molecular weight is 427 g/mol. The van der Waals surface area contributed by atoms with Crippen molar-refractivity contribution in [2.45, 2.75) is 18.2 Å². The van der Waals surface area contributed by atoms with E-state index in [2.05, 4.69) is 10.5 Å². The summed E-state index contributed by atoms with van der Waals surface area (Å²) < 4.78 is 10.8. The van der Waals surface area contributed by atoms with Crippen molar-refractivity contribution in [2.75, 3.05) is 20.0 Å². The van der Waals surface area contributed by atoms with Crippen LogP contribution in [0.15, 0.2) is 40.3 Å². The number of hydrogen-bond donors (Lipinski definition) is 1. The average Bonchev–Trinajstić information content (AvgIpc) is 2.62. The van der Waals surface area contributed by atoms with E-state index in [-0.39, 0.29) is 12.3 Å². The third-order valence-electron chi connectivity index (χ3n) is 3.53. The van der Waals surface area contributed by atoms with Gasteiger partial charge in [0.25, 0.3) is 0 Å². The molecule has 0 bridgehead atoms. The van der Waals surface area contributed by atoms with Crippen LogP contribution in [0.2, 0.25) is 10.0 Å². The number of nitrogens with one attached hydrogen (secondary N) is 1. The summed E-state index contributed by atoms with van der Waals surface area (Å²) in [7, 11) is 1.52. The Bertz CT molecular complexity index is 844. The topological polar surface area (TPSA) is 59.9 Å². The van der Waals surface area contributed by atoms with Crippen molar-refractivity contribution < 1.29 is 14.3 Å². The SMILES string of the molecule is CCOc1cc(/C=N\NC(=O)Cc2cc(Cl)ccc2SC)cc(Cl)c1OC. The van der Waals surface area contributed by atoms with Crippen molar-refractivity contribution >= 4 is 47.1 Å². The fourth-order valence-corrected chi connectivity index (χ4v) is 3.49. The minimum Gasteiger partial charge on any atom is -0.491 e.